The van der Waals surface area contributed by atoms with Gasteiger partial charge in [-0.05, 0) is 37.3 Å². The lowest BCUT2D eigenvalue weighted by Crippen LogP contribution is -2.29. The number of halogens is 1. The Morgan fingerprint density at radius 3 is 2.40 bits per heavy atom. The molecule has 0 bridgehead atoms. The van der Waals surface area contributed by atoms with Gasteiger partial charge in [0.05, 0.1) is 21.8 Å². The highest BCUT2D eigenvalue weighted by Crippen LogP contribution is 2.33. The van der Waals surface area contributed by atoms with E-state index in [2.05, 4.69) is 0 Å². The SMILES string of the molecule is Cc1ccc2c(c1)C(=O)N(c1ccc(O)c(Cl)c1)C2=O. The van der Waals surface area contributed by atoms with E-state index >= 15 is 0 Å². The lowest BCUT2D eigenvalue weighted by molar-refractivity contribution is 0.0926. The number of phenols is 1. The van der Waals surface area contributed by atoms with E-state index in [1.807, 2.05) is 6.92 Å². The van der Waals surface area contributed by atoms with Gasteiger partial charge in [0.1, 0.15) is 5.75 Å². The summed E-state index contributed by atoms with van der Waals surface area (Å²) in [6.07, 6.45) is 0. The van der Waals surface area contributed by atoms with E-state index in [0.29, 0.717) is 16.8 Å². The molecule has 100 valence electrons. The number of nitrogens with zero attached hydrogens (tertiary/aromatic N) is 1. The summed E-state index contributed by atoms with van der Waals surface area (Å²) in [6.45, 7) is 1.86. The van der Waals surface area contributed by atoms with E-state index in [9.17, 15) is 14.7 Å². The van der Waals surface area contributed by atoms with Crippen molar-refractivity contribution < 1.29 is 14.7 Å². The second kappa shape index (κ2) is 4.35. The fraction of sp³-hybridized carbons (Fsp3) is 0.0667. The first-order valence-corrected chi connectivity index (χ1v) is 6.35. The molecule has 4 nitrogen and oxygen atoms in total. The fourth-order valence-electron chi connectivity index (χ4n) is 2.22. The van der Waals surface area contributed by atoms with Gasteiger partial charge in [-0.15, -0.1) is 0 Å². The van der Waals surface area contributed by atoms with Crippen molar-refractivity contribution >= 4 is 29.1 Å². The van der Waals surface area contributed by atoms with Gasteiger partial charge in [0, 0.05) is 0 Å². The lowest BCUT2D eigenvalue weighted by Gasteiger charge is -2.14. The fourth-order valence-corrected chi connectivity index (χ4v) is 2.40. The third kappa shape index (κ3) is 1.77. The van der Waals surface area contributed by atoms with Crippen LogP contribution in [0.1, 0.15) is 26.3 Å². The molecule has 1 N–H and O–H groups in total. The Balaban J connectivity index is 2.11. The average molecular weight is 288 g/mol. The minimum atomic E-state index is -0.383. The summed E-state index contributed by atoms with van der Waals surface area (Å²) in [6, 6.07) is 9.36. The zero-order valence-electron chi connectivity index (χ0n) is 10.6. The number of phenolic OH excluding ortho intramolecular Hbond substituents is 1. The number of anilines is 1. The summed E-state index contributed by atoms with van der Waals surface area (Å²) in [5, 5.41) is 9.50. The van der Waals surface area contributed by atoms with Gasteiger partial charge in [-0.25, -0.2) is 4.90 Å². The third-order valence-corrected chi connectivity index (χ3v) is 3.53. The van der Waals surface area contributed by atoms with E-state index in [0.717, 1.165) is 10.5 Å². The van der Waals surface area contributed by atoms with Crippen molar-refractivity contribution in [1.82, 2.24) is 0 Å². The van der Waals surface area contributed by atoms with Crippen molar-refractivity contribution in [2.45, 2.75) is 6.92 Å². The maximum absolute atomic E-state index is 12.4. The Hall–Kier alpha value is -2.33. The van der Waals surface area contributed by atoms with Crippen molar-refractivity contribution in [3.8, 4) is 5.75 Å². The van der Waals surface area contributed by atoms with Crippen LogP contribution < -0.4 is 4.90 Å². The first-order chi connectivity index (χ1) is 9.49. The Labute approximate surface area is 120 Å². The van der Waals surface area contributed by atoms with Gasteiger partial charge in [-0.3, -0.25) is 9.59 Å². The van der Waals surface area contributed by atoms with Crippen molar-refractivity contribution in [2.75, 3.05) is 4.90 Å². The van der Waals surface area contributed by atoms with Crippen molar-refractivity contribution in [2.24, 2.45) is 0 Å². The maximum Gasteiger partial charge on any atom is 0.266 e. The molecule has 2 amide bonds. The molecule has 0 saturated heterocycles. The standard InChI is InChI=1S/C15H10ClNO3/c1-8-2-4-10-11(6-8)15(20)17(14(10)19)9-3-5-13(18)12(16)7-9/h2-7,18H,1H3. The second-order valence-corrected chi connectivity index (χ2v) is 5.04. The summed E-state index contributed by atoms with van der Waals surface area (Å²) < 4.78 is 0. The highest BCUT2D eigenvalue weighted by Gasteiger charge is 2.36. The molecule has 0 fully saturated rings. The highest BCUT2D eigenvalue weighted by molar-refractivity contribution is 6.36. The molecular formula is C15H10ClNO3. The summed E-state index contributed by atoms with van der Waals surface area (Å²) in [4.78, 5) is 25.7. The summed E-state index contributed by atoms with van der Waals surface area (Å²) in [5.74, 6) is -0.856. The van der Waals surface area contributed by atoms with E-state index in [-0.39, 0.29) is 22.6 Å². The third-order valence-electron chi connectivity index (χ3n) is 3.23. The van der Waals surface area contributed by atoms with Gasteiger partial charge in [-0.1, -0.05) is 23.2 Å². The first kappa shape index (κ1) is 12.7. The molecule has 5 heteroatoms. The van der Waals surface area contributed by atoms with Gasteiger partial charge in [-0.2, -0.15) is 0 Å². The number of carbonyl (C=O) groups excluding carboxylic acids is 2. The molecule has 0 spiro atoms. The summed E-state index contributed by atoms with van der Waals surface area (Å²) in [7, 11) is 0. The number of carbonyl (C=O) groups is 2. The van der Waals surface area contributed by atoms with E-state index < -0.39 is 0 Å². The van der Waals surface area contributed by atoms with Gasteiger partial charge in [0.25, 0.3) is 11.8 Å². The van der Waals surface area contributed by atoms with Gasteiger partial charge in [0.2, 0.25) is 0 Å². The van der Waals surface area contributed by atoms with Gasteiger partial charge in [0.15, 0.2) is 0 Å². The molecule has 1 aliphatic heterocycles. The molecule has 1 heterocycles. The van der Waals surface area contributed by atoms with Crippen LogP contribution in [0.15, 0.2) is 36.4 Å². The lowest BCUT2D eigenvalue weighted by atomic mass is 10.1. The number of hydrogen-bond acceptors (Lipinski definition) is 3. The predicted octanol–water partition coefficient (Wildman–Crippen LogP) is 3.15. The molecule has 1 aliphatic rings. The van der Waals surface area contributed by atoms with Crippen LogP contribution in [0.25, 0.3) is 0 Å². The average Bonchev–Trinajstić information content (AvgIpc) is 2.65. The molecule has 3 rings (SSSR count). The molecule has 2 aromatic rings. The normalized spacial score (nSPS) is 13.8. The molecule has 0 aromatic heterocycles. The maximum atomic E-state index is 12.4. The van der Waals surface area contributed by atoms with Crippen LogP contribution in [0.3, 0.4) is 0 Å². The van der Waals surface area contributed by atoms with Crippen molar-refractivity contribution in [3.63, 3.8) is 0 Å². The first-order valence-electron chi connectivity index (χ1n) is 5.97. The molecule has 0 aliphatic carbocycles. The number of imide groups is 1. The molecule has 20 heavy (non-hydrogen) atoms. The van der Waals surface area contributed by atoms with E-state index in [1.54, 1.807) is 18.2 Å². The zero-order chi connectivity index (χ0) is 14.4. The van der Waals surface area contributed by atoms with Crippen LogP contribution in [0.2, 0.25) is 5.02 Å². The van der Waals surface area contributed by atoms with Crippen molar-refractivity contribution in [1.29, 1.82) is 0 Å². The molecule has 0 saturated carbocycles. The monoisotopic (exact) mass is 287 g/mol. The minimum Gasteiger partial charge on any atom is -0.506 e. The largest absolute Gasteiger partial charge is 0.506 e. The topological polar surface area (TPSA) is 57.6 Å². The summed E-state index contributed by atoms with van der Waals surface area (Å²) >= 11 is 5.82. The quantitative estimate of drug-likeness (QED) is 0.820. The Bertz CT molecular complexity index is 755. The number of hydrogen-bond donors (Lipinski definition) is 1. The number of fused-ring (bicyclic) bond motifs is 1. The second-order valence-electron chi connectivity index (χ2n) is 4.63. The number of rotatable bonds is 1. The number of amides is 2. The van der Waals surface area contributed by atoms with Crippen LogP contribution in [0.4, 0.5) is 5.69 Å². The molecular weight excluding hydrogens is 278 g/mol. The van der Waals surface area contributed by atoms with Gasteiger partial charge < -0.3 is 5.11 Å². The molecule has 0 radical (unpaired) electrons. The van der Waals surface area contributed by atoms with Gasteiger partial charge >= 0.3 is 0 Å². The van der Waals surface area contributed by atoms with E-state index in [1.165, 1.54) is 18.2 Å². The Morgan fingerprint density at radius 2 is 1.70 bits per heavy atom. The number of aromatic hydroxyl groups is 1. The van der Waals surface area contributed by atoms with Crippen LogP contribution >= 0.6 is 11.6 Å². The van der Waals surface area contributed by atoms with Crippen LogP contribution in [-0.4, -0.2) is 16.9 Å². The minimum absolute atomic E-state index is 0.0928. The zero-order valence-corrected chi connectivity index (χ0v) is 11.3. The molecule has 2 aromatic carbocycles. The molecule has 0 unspecified atom stereocenters. The number of benzene rings is 2. The predicted molar refractivity (Wildman–Crippen MR) is 75.4 cm³/mol. The Morgan fingerprint density at radius 1 is 1.00 bits per heavy atom. The van der Waals surface area contributed by atoms with Crippen molar-refractivity contribution in [3.05, 3.63) is 58.1 Å². The smallest absolute Gasteiger partial charge is 0.266 e. The Kier molecular flexibility index (Phi) is 2.76. The highest BCUT2D eigenvalue weighted by atomic mass is 35.5. The van der Waals surface area contributed by atoms with Crippen LogP contribution in [-0.2, 0) is 0 Å². The number of aryl methyl sites for hydroxylation is 1. The van der Waals surface area contributed by atoms with Crippen LogP contribution in [0, 0.1) is 6.92 Å². The summed E-state index contributed by atoms with van der Waals surface area (Å²) in [5.41, 5.74) is 2.02. The van der Waals surface area contributed by atoms with Crippen LogP contribution in [0.5, 0.6) is 5.75 Å². The van der Waals surface area contributed by atoms with E-state index in [4.69, 9.17) is 11.6 Å². The molecule has 0 atom stereocenters.